The molecule has 1 aliphatic heterocycles. The molecule has 3 aromatic rings. The minimum Gasteiger partial charge on any atom is -0.355 e. The lowest BCUT2D eigenvalue weighted by atomic mass is 10.1. The van der Waals surface area contributed by atoms with Gasteiger partial charge in [-0.2, -0.15) is 5.10 Å². The van der Waals surface area contributed by atoms with Crippen LogP contribution in [0.3, 0.4) is 0 Å². The predicted octanol–water partition coefficient (Wildman–Crippen LogP) is 2.82. The number of sulfonamides is 1. The molecule has 4 rings (SSSR count). The van der Waals surface area contributed by atoms with E-state index in [4.69, 9.17) is 22.3 Å². The zero-order chi connectivity index (χ0) is 25.5. The molecule has 1 aliphatic rings. The van der Waals surface area contributed by atoms with Gasteiger partial charge in [0.25, 0.3) is 5.91 Å². The average Bonchev–Trinajstić information content (AvgIpc) is 3.43. The second-order valence-electron chi connectivity index (χ2n) is 8.90. The van der Waals surface area contributed by atoms with Gasteiger partial charge in [-0.25, -0.2) is 17.9 Å². The molecule has 1 aromatic carbocycles. The summed E-state index contributed by atoms with van der Waals surface area (Å²) in [6.07, 6.45) is 2.86. The van der Waals surface area contributed by atoms with Gasteiger partial charge in [-0.05, 0) is 45.4 Å². The predicted molar refractivity (Wildman–Crippen MR) is 138 cm³/mol. The second kappa shape index (κ2) is 9.63. The molecule has 35 heavy (non-hydrogen) atoms. The fourth-order valence-corrected chi connectivity index (χ4v) is 4.94. The summed E-state index contributed by atoms with van der Waals surface area (Å²) in [6.45, 7) is 7.00. The molecule has 2 atom stereocenters. The number of amides is 1. The fraction of sp³-hybridized carbons (Fsp3) is 0.435. The first-order valence-electron chi connectivity index (χ1n) is 11.4. The minimum absolute atomic E-state index is 0.117. The minimum atomic E-state index is -3.58. The molecular formula is C23H30ClN7O3S. The van der Waals surface area contributed by atoms with E-state index < -0.39 is 16.1 Å². The van der Waals surface area contributed by atoms with Gasteiger partial charge in [-0.1, -0.05) is 11.6 Å². The Balaban J connectivity index is 1.62. The third-order valence-electron chi connectivity index (χ3n) is 6.34. The molecule has 3 N–H and O–H groups in total. The Bertz CT molecular complexity index is 1370. The first-order chi connectivity index (χ1) is 16.5. The SMILES string of the molecule is CCS(=O)(=O)Nc1ccc(Cl)cc1C(=O)N(C)[C@@H](C)c1cc2nc(N3CC[C@H](N)C3)c(C)cn2n1. The van der Waals surface area contributed by atoms with Gasteiger partial charge in [0.05, 0.1) is 28.7 Å². The molecular weight excluding hydrogens is 490 g/mol. The number of carbonyl (C=O) groups excluding carboxylic acids is 1. The molecule has 0 unspecified atom stereocenters. The van der Waals surface area contributed by atoms with Crippen molar-refractivity contribution in [2.45, 2.75) is 39.3 Å². The zero-order valence-corrected chi connectivity index (χ0v) is 21.8. The van der Waals surface area contributed by atoms with Gasteiger partial charge in [0.1, 0.15) is 5.82 Å². The van der Waals surface area contributed by atoms with Crippen LogP contribution in [0, 0.1) is 6.92 Å². The Kier molecular flexibility index (Phi) is 6.94. The summed E-state index contributed by atoms with van der Waals surface area (Å²) in [7, 11) is -1.93. The van der Waals surface area contributed by atoms with Gasteiger partial charge < -0.3 is 15.5 Å². The number of nitrogens with zero attached hydrogens (tertiary/aromatic N) is 5. The largest absolute Gasteiger partial charge is 0.355 e. The number of hydrogen-bond donors (Lipinski definition) is 2. The van der Waals surface area contributed by atoms with E-state index in [1.807, 2.05) is 26.1 Å². The molecule has 1 saturated heterocycles. The molecule has 0 saturated carbocycles. The number of anilines is 2. The van der Waals surface area contributed by atoms with E-state index in [1.165, 1.54) is 30.0 Å². The van der Waals surface area contributed by atoms with E-state index in [0.29, 0.717) is 16.4 Å². The smallest absolute Gasteiger partial charge is 0.256 e. The first-order valence-corrected chi connectivity index (χ1v) is 13.5. The van der Waals surface area contributed by atoms with Crippen molar-refractivity contribution < 1.29 is 13.2 Å². The van der Waals surface area contributed by atoms with Crippen molar-refractivity contribution in [2.24, 2.45) is 5.73 Å². The van der Waals surface area contributed by atoms with Gasteiger partial charge >= 0.3 is 0 Å². The lowest BCUT2D eigenvalue weighted by molar-refractivity contribution is 0.0740. The highest BCUT2D eigenvalue weighted by Gasteiger charge is 2.26. The summed E-state index contributed by atoms with van der Waals surface area (Å²) in [5, 5.41) is 4.97. The number of aryl methyl sites for hydroxylation is 1. The maximum atomic E-state index is 13.4. The maximum absolute atomic E-state index is 13.4. The monoisotopic (exact) mass is 519 g/mol. The molecule has 0 bridgehead atoms. The highest BCUT2D eigenvalue weighted by Crippen LogP contribution is 2.28. The van der Waals surface area contributed by atoms with Crippen LogP contribution in [-0.4, -0.2) is 65.8 Å². The number of nitrogens with two attached hydrogens (primary N) is 1. The number of aromatic nitrogens is 3. The van der Waals surface area contributed by atoms with Crippen LogP contribution in [0.4, 0.5) is 11.5 Å². The van der Waals surface area contributed by atoms with Crippen molar-refractivity contribution >= 4 is 44.7 Å². The van der Waals surface area contributed by atoms with Crippen molar-refractivity contribution in [2.75, 3.05) is 35.5 Å². The quantitative estimate of drug-likeness (QED) is 0.491. The van der Waals surface area contributed by atoms with E-state index >= 15 is 0 Å². The van der Waals surface area contributed by atoms with E-state index in [-0.39, 0.29) is 29.0 Å². The summed E-state index contributed by atoms with van der Waals surface area (Å²) < 4.78 is 28.4. The molecule has 3 heterocycles. The highest BCUT2D eigenvalue weighted by atomic mass is 35.5. The number of benzene rings is 1. The van der Waals surface area contributed by atoms with Crippen LogP contribution in [0.25, 0.3) is 5.65 Å². The van der Waals surface area contributed by atoms with Crippen molar-refractivity contribution in [1.29, 1.82) is 0 Å². The zero-order valence-electron chi connectivity index (χ0n) is 20.2. The Labute approximate surface area is 210 Å². The van der Waals surface area contributed by atoms with Crippen LogP contribution in [-0.2, 0) is 10.0 Å². The third-order valence-corrected chi connectivity index (χ3v) is 7.86. The van der Waals surface area contributed by atoms with E-state index in [2.05, 4.69) is 14.7 Å². The second-order valence-corrected chi connectivity index (χ2v) is 11.3. The normalized spacial score (nSPS) is 17.1. The van der Waals surface area contributed by atoms with Gasteiger partial charge in [0, 0.05) is 49.0 Å². The van der Waals surface area contributed by atoms with Gasteiger partial charge in [0.2, 0.25) is 10.0 Å². The summed E-state index contributed by atoms with van der Waals surface area (Å²) >= 11 is 6.13. The summed E-state index contributed by atoms with van der Waals surface area (Å²) in [4.78, 5) is 21.9. The molecule has 0 spiro atoms. The number of rotatable bonds is 7. The average molecular weight is 520 g/mol. The van der Waals surface area contributed by atoms with Crippen molar-refractivity contribution in [3.05, 3.63) is 52.3 Å². The Morgan fingerprint density at radius 1 is 1.37 bits per heavy atom. The van der Waals surface area contributed by atoms with Crippen LogP contribution in [0.1, 0.15) is 47.9 Å². The molecule has 10 nitrogen and oxygen atoms in total. The number of hydrogen-bond acceptors (Lipinski definition) is 7. The fourth-order valence-electron chi connectivity index (χ4n) is 4.11. The van der Waals surface area contributed by atoms with Crippen LogP contribution < -0.4 is 15.4 Å². The Morgan fingerprint density at radius 2 is 2.11 bits per heavy atom. The molecule has 0 radical (unpaired) electrons. The number of nitrogens with one attached hydrogen (secondary N) is 1. The molecule has 0 aliphatic carbocycles. The van der Waals surface area contributed by atoms with Crippen molar-refractivity contribution in [3.8, 4) is 0 Å². The Hall–Kier alpha value is -2.89. The topological polar surface area (TPSA) is 126 Å². The first kappa shape index (κ1) is 25.2. The third kappa shape index (κ3) is 5.21. The lowest BCUT2D eigenvalue weighted by Gasteiger charge is -2.25. The van der Waals surface area contributed by atoms with Gasteiger partial charge in [0.15, 0.2) is 5.65 Å². The number of fused-ring (bicyclic) bond motifs is 1. The summed E-state index contributed by atoms with van der Waals surface area (Å²) in [5.41, 5.74) is 8.73. The van der Waals surface area contributed by atoms with Crippen LogP contribution in [0.15, 0.2) is 30.5 Å². The Morgan fingerprint density at radius 3 is 2.77 bits per heavy atom. The summed E-state index contributed by atoms with van der Waals surface area (Å²) in [6, 6.07) is 6.07. The van der Waals surface area contributed by atoms with Crippen molar-refractivity contribution in [1.82, 2.24) is 19.5 Å². The highest BCUT2D eigenvalue weighted by molar-refractivity contribution is 7.92. The molecule has 188 valence electrons. The lowest BCUT2D eigenvalue weighted by Crippen LogP contribution is -2.31. The standard InChI is InChI=1S/C23H30ClN7O3S/c1-5-35(33,34)28-19-7-6-16(24)10-18(19)23(32)29(4)15(3)20-11-21-26-22(14(2)12-31(21)27-20)30-9-8-17(25)13-30/h6-7,10-12,15,17,28H,5,8-9,13,25H2,1-4H3/t15-,17-/m0/s1. The number of carbonyl (C=O) groups is 1. The van der Waals surface area contributed by atoms with E-state index in [0.717, 1.165) is 30.9 Å². The molecule has 1 fully saturated rings. The maximum Gasteiger partial charge on any atom is 0.256 e. The van der Waals surface area contributed by atoms with E-state index in [1.54, 1.807) is 11.6 Å². The molecule has 2 aromatic heterocycles. The van der Waals surface area contributed by atoms with Crippen LogP contribution in [0.2, 0.25) is 5.02 Å². The van der Waals surface area contributed by atoms with Crippen molar-refractivity contribution in [3.63, 3.8) is 0 Å². The summed E-state index contributed by atoms with van der Waals surface area (Å²) in [5.74, 6) is 0.386. The van der Waals surface area contributed by atoms with Gasteiger partial charge in [-0.15, -0.1) is 0 Å². The molecule has 12 heteroatoms. The van der Waals surface area contributed by atoms with E-state index in [9.17, 15) is 13.2 Å². The van der Waals surface area contributed by atoms with Gasteiger partial charge in [-0.3, -0.25) is 9.52 Å². The number of halogens is 1. The molecule has 1 amide bonds. The van der Waals surface area contributed by atoms with Crippen LogP contribution >= 0.6 is 11.6 Å². The van der Waals surface area contributed by atoms with Crippen LogP contribution in [0.5, 0.6) is 0 Å².